The number of dihydropyridines is 1. The van der Waals surface area contributed by atoms with Crippen molar-refractivity contribution in [3.63, 3.8) is 0 Å². The Balaban J connectivity index is 1.73. The summed E-state index contributed by atoms with van der Waals surface area (Å²) in [4.78, 5) is 38.0. The number of nitrogens with one attached hydrogen (secondary N) is 1. The van der Waals surface area contributed by atoms with Crippen LogP contribution < -0.4 is 10.1 Å². The van der Waals surface area contributed by atoms with Gasteiger partial charge in [0.1, 0.15) is 12.4 Å². The van der Waals surface area contributed by atoms with E-state index in [4.69, 9.17) is 9.47 Å². The minimum Gasteiger partial charge on any atom is -0.497 e. The van der Waals surface area contributed by atoms with Crippen molar-refractivity contribution >= 4 is 29.2 Å². The van der Waals surface area contributed by atoms with E-state index in [1.165, 1.54) is 12.1 Å². The quantitative estimate of drug-likeness (QED) is 0.206. The van der Waals surface area contributed by atoms with Crippen LogP contribution in [-0.4, -0.2) is 41.9 Å². The monoisotopic (exact) mass is 522 g/mol. The van der Waals surface area contributed by atoms with Crippen LogP contribution in [0.2, 0.25) is 0 Å². The summed E-state index contributed by atoms with van der Waals surface area (Å²) in [5.41, 5.74) is 3.57. The number of carbonyl (C=O) groups is 2. The molecular formula is C28H30N2O6S. The average Bonchev–Trinajstić information content (AvgIpc) is 2.90. The van der Waals surface area contributed by atoms with Crippen molar-refractivity contribution in [3.05, 3.63) is 92.3 Å². The van der Waals surface area contributed by atoms with Crippen molar-refractivity contribution in [2.24, 2.45) is 0 Å². The molecule has 194 valence electrons. The Kier molecular flexibility index (Phi) is 8.33. The topological polar surface area (TPSA) is 108 Å². The highest BCUT2D eigenvalue weighted by Gasteiger charge is 2.41. The molecule has 0 saturated heterocycles. The van der Waals surface area contributed by atoms with E-state index in [1.54, 1.807) is 37.9 Å². The number of nitro benzene ring substituents is 1. The first-order chi connectivity index (χ1) is 17.8. The number of esters is 1. The molecule has 2 atom stereocenters. The molecule has 37 heavy (non-hydrogen) atoms. The summed E-state index contributed by atoms with van der Waals surface area (Å²) in [6.07, 6.45) is 0.846. The predicted octanol–water partition coefficient (Wildman–Crippen LogP) is 5.26. The number of nitro groups is 1. The molecule has 1 aliphatic heterocycles. The van der Waals surface area contributed by atoms with E-state index in [2.05, 4.69) is 5.32 Å². The number of carbonyl (C=O) groups excluding carboxylic acids is 2. The van der Waals surface area contributed by atoms with Gasteiger partial charge in [-0.2, -0.15) is 11.8 Å². The lowest BCUT2D eigenvalue weighted by molar-refractivity contribution is -0.384. The molecule has 2 aromatic carbocycles. The fourth-order valence-corrected chi connectivity index (χ4v) is 5.48. The number of ketones is 1. The number of benzene rings is 2. The molecule has 4 rings (SSSR count). The minimum atomic E-state index is -0.744. The van der Waals surface area contributed by atoms with Gasteiger partial charge in [-0.15, -0.1) is 0 Å². The smallest absolute Gasteiger partial charge is 0.336 e. The van der Waals surface area contributed by atoms with Crippen LogP contribution in [-0.2, 0) is 14.3 Å². The predicted molar refractivity (Wildman–Crippen MR) is 143 cm³/mol. The molecule has 0 saturated carbocycles. The Labute approximate surface area is 220 Å². The summed E-state index contributed by atoms with van der Waals surface area (Å²) in [5.74, 6) is 0.929. The number of thioether (sulfide) groups is 1. The van der Waals surface area contributed by atoms with Crippen LogP contribution in [0.25, 0.3) is 0 Å². The Morgan fingerprint density at radius 1 is 1.16 bits per heavy atom. The highest BCUT2D eigenvalue weighted by atomic mass is 32.2. The molecule has 1 aliphatic carbocycles. The molecule has 2 aromatic rings. The number of Topliss-reactive ketones (excluding diaryl/α,β-unsaturated/α-hetero) is 1. The molecule has 0 radical (unpaired) electrons. The van der Waals surface area contributed by atoms with Crippen LogP contribution in [0.5, 0.6) is 5.75 Å². The number of methoxy groups -OCH3 is 1. The largest absolute Gasteiger partial charge is 0.497 e. The first-order valence-electron chi connectivity index (χ1n) is 12.2. The summed E-state index contributed by atoms with van der Waals surface area (Å²) < 4.78 is 10.8. The van der Waals surface area contributed by atoms with Gasteiger partial charge in [-0.25, -0.2) is 4.79 Å². The Morgan fingerprint density at radius 2 is 1.92 bits per heavy atom. The number of non-ortho nitro benzene ring substituents is 1. The van der Waals surface area contributed by atoms with Crippen LogP contribution in [0.3, 0.4) is 0 Å². The maximum Gasteiger partial charge on any atom is 0.336 e. The zero-order valence-corrected chi connectivity index (χ0v) is 21.9. The zero-order chi connectivity index (χ0) is 26.5. The number of ether oxygens (including phenoxy) is 2. The van der Waals surface area contributed by atoms with Gasteiger partial charge in [0.05, 0.1) is 17.6 Å². The molecular weight excluding hydrogens is 492 g/mol. The van der Waals surface area contributed by atoms with E-state index in [0.29, 0.717) is 34.6 Å². The number of hydrogen-bond acceptors (Lipinski definition) is 8. The summed E-state index contributed by atoms with van der Waals surface area (Å²) >= 11 is 1.66. The SMILES string of the molecule is CCSCCOC(=O)C1=C(C)NC2=C(C(=O)C[C@@H](c3ccc(OC)cc3)C2)[C@H]1c1cccc([N+](=O)[O-])c1. The third-order valence-corrected chi connectivity index (χ3v) is 7.58. The summed E-state index contributed by atoms with van der Waals surface area (Å²) in [7, 11) is 1.61. The van der Waals surface area contributed by atoms with E-state index in [1.807, 2.05) is 31.2 Å². The van der Waals surface area contributed by atoms with Gasteiger partial charge in [-0.3, -0.25) is 14.9 Å². The Hall–Kier alpha value is -3.59. The molecule has 0 fully saturated rings. The van der Waals surface area contributed by atoms with E-state index in [9.17, 15) is 19.7 Å². The molecule has 0 bridgehead atoms. The van der Waals surface area contributed by atoms with E-state index in [-0.39, 0.29) is 30.4 Å². The van der Waals surface area contributed by atoms with Crippen molar-refractivity contribution in [3.8, 4) is 5.75 Å². The number of nitrogens with zero attached hydrogens (tertiary/aromatic N) is 1. The van der Waals surface area contributed by atoms with Crippen LogP contribution in [0.4, 0.5) is 5.69 Å². The van der Waals surface area contributed by atoms with Crippen molar-refractivity contribution in [1.82, 2.24) is 5.32 Å². The number of rotatable bonds is 9. The average molecular weight is 523 g/mol. The molecule has 2 aliphatic rings. The highest BCUT2D eigenvalue weighted by Crippen LogP contribution is 2.46. The molecule has 0 spiro atoms. The lowest BCUT2D eigenvalue weighted by Gasteiger charge is -2.36. The van der Waals surface area contributed by atoms with Gasteiger partial charge in [0.2, 0.25) is 0 Å². The maximum absolute atomic E-state index is 13.7. The molecule has 9 heteroatoms. The zero-order valence-electron chi connectivity index (χ0n) is 21.1. The van der Waals surface area contributed by atoms with Crippen LogP contribution in [0.15, 0.2) is 71.1 Å². The summed E-state index contributed by atoms with van der Waals surface area (Å²) in [5, 5.41) is 14.8. The van der Waals surface area contributed by atoms with Crippen LogP contribution >= 0.6 is 11.8 Å². The molecule has 0 amide bonds. The third kappa shape index (κ3) is 5.72. The van der Waals surface area contributed by atoms with E-state index < -0.39 is 16.8 Å². The van der Waals surface area contributed by atoms with Gasteiger partial charge in [0, 0.05) is 47.2 Å². The van der Waals surface area contributed by atoms with E-state index >= 15 is 0 Å². The molecule has 0 unspecified atom stereocenters. The standard InChI is InChI=1S/C28H30N2O6S/c1-4-37-13-12-36-28(32)25-17(2)29-23-15-20(18-8-10-22(35-3)11-9-18)16-24(31)27(23)26(25)19-6-5-7-21(14-19)30(33)34/h5-11,14,20,26,29H,4,12-13,15-16H2,1-3H3/t20-,26-/m0/s1. The van der Waals surface area contributed by atoms with Crippen molar-refractivity contribution in [1.29, 1.82) is 0 Å². The second-order valence-corrected chi connectivity index (χ2v) is 10.4. The lowest BCUT2D eigenvalue weighted by atomic mass is 9.71. The fourth-order valence-electron chi connectivity index (χ4n) is 4.99. The van der Waals surface area contributed by atoms with Gasteiger partial charge in [0.15, 0.2) is 5.78 Å². The summed E-state index contributed by atoms with van der Waals surface area (Å²) in [6.45, 7) is 4.06. The first-order valence-corrected chi connectivity index (χ1v) is 13.4. The lowest BCUT2D eigenvalue weighted by Crippen LogP contribution is -2.36. The Morgan fingerprint density at radius 3 is 2.59 bits per heavy atom. The van der Waals surface area contributed by atoms with Crippen LogP contribution in [0, 0.1) is 10.1 Å². The second kappa shape index (κ2) is 11.6. The van der Waals surface area contributed by atoms with Gasteiger partial charge in [0.25, 0.3) is 5.69 Å². The van der Waals surface area contributed by atoms with Crippen molar-refractivity contribution < 1.29 is 24.0 Å². The van der Waals surface area contributed by atoms with E-state index in [0.717, 1.165) is 22.8 Å². The first kappa shape index (κ1) is 26.5. The summed E-state index contributed by atoms with van der Waals surface area (Å²) in [6, 6.07) is 13.8. The fraction of sp³-hybridized carbons (Fsp3) is 0.357. The number of hydrogen-bond donors (Lipinski definition) is 1. The third-order valence-electron chi connectivity index (χ3n) is 6.71. The highest BCUT2D eigenvalue weighted by molar-refractivity contribution is 7.99. The Bertz CT molecular complexity index is 1270. The van der Waals surface area contributed by atoms with Crippen LogP contribution in [0.1, 0.15) is 49.7 Å². The van der Waals surface area contributed by atoms with Gasteiger partial charge in [-0.1, -0.05) is 31.2 Å². The second-order valence-electron chi connectivity index (χ2n) is 8.98. The van der Waals surface area contributed by atoms with Crippen molar-refractivity contribution in [2.45, 2.75) is 38.5 Å². The van der Waals surface area contributed by atoms with Gasteiger partial charge >= 0.3 is 5.97 Å². The molecule has 8 nitrogen and oxygen atoms in total. The number of allylic oxidation sites excluding steroid dienone is 3. The molecule has 1 N–H and O–H groups in total. The van der Waals surface area contributed by atoms with Crippen molar-refractivity contribution in [2.75, 3.05) is 25.2 Å². The maximum atomic E-state index is 13.7. The van der Waals surface area contributed by atoms with Gasteiger partial charge in [-0.05, 0) is 48.3 Å². The minimum absolute atomic E-state index is 0.0391. The normalized spacial score (nSPS) is 19.3. The molecule has 0 aromatic heterocycles. The van der Waals surface area contributed by atoms with Gasteiger partial charge < -0.3 is 14.8 Å². The molecule has 1 heterocycles.